The maximum absolute atomic E-state index is 12.5. The number of rotatable bonds is 3. The van der Waals surface area contributed by atoms with Gasteiger partial charge in [-0.3, -0.25) is 5.84 Å². The average molecular weight is 308 g/mol. The summed E-state index contributed by atoms with van der Waals surface area (Å²) in [6.07, 6.45) is -3.27. The number of hydrazine groups is 1. The molecule has 0 bridgehead atoms. The second kappa shape index (κ2) is 5.46. The number of alkyl halides is 3. The number of hydrogen-bond acceptors (Lipinski definition) is 4. The Balaban J connectivity index is 2.32. The number of nitrogens with one attached hydrogen (secondary N) is 1. The Morgan fingerprint density at radius 3 is 2.37 bits per heavy atom. The van der Waals surface area contributed by atoms with E-state index in [9.17, 15) is 13.2 Å². The van der Waals surface area contributed by atoms with Crippen LogP contribution in [0.15, 0.2) is 30.5 Å². The minimum Gasteiger partial charge on any atom is -0.271 e. The van der Waals surface area contributed by atoms with E-state index in [2.05, 4.69) is 10.4 Å². The van der Waals surface area contributed by atoms with E-state index in [0.29, 0.717) is 26.8 Å². The van der Waals surface area contributed by atoms with E-state index in [4.69, 9.17) is 17.4 Å². The van der Waals surface area contributed by atoms with Crippen molar-refractivity contribution in [2.45, 2.75) is 12.2 Å². The van der Waals surface area contributed by atoms with Crippen molar-refractivity contribution in [2.75, 3.05) is 0 Å². The number of halogens is 4. The zero-order valence-electron chi connectivity index (χ0n) is 9.41. The van der Waals surface area contributed by atoms with E-state index in [-0.39, 0.29) is 0 Å². The highest BCUT2D eigenvalue weighted by atomic mass is 35.5. The number of thiazole rings is 1. The van der Waals surface area contributed by atoms with Crippen LogP contribution < -0.4 is 11.3 Å². The van der Waals surface area contributed by atoms with Gasteiger partial charge in [0.2, 0.25) is 0 Å². The zero-order valence-corrected chi connectivity index (χ0v) is 11.0. The average Bonchev–Trinajstić information content (AvgIpc) is 2.82. The molecule has 8 heteroatoms. The van der Waals surface area contributed by atoms with Crippen LogP contribution in [0.1, 0.15) is 21.5 Å². The Morgan fingerprint density at radius 2 is 1.89 bits per heavy atom. The summed E-state index contributed by atoms with van der Waals surface area (Å²) in [5.41, 5.74) is 3.19. The van der Waals surface area contributed by atoms with Crippen LogP contribution in [0.4, 0.5) is 13.2 Å². The van der Waals surface area contributed by atoms with Crippen molar-refractivity contribution < 1.29 is 13.2 Å². The van der Waals surface area contributed by atoms with Gasteiger partial charge in [0.25, 0.3) is 0 Å². The lowest BCUT2D eigenvalue weighted by atomic mass is 10.1. The fourth-order valence-electron chi connectivity index (χ4n) is 1.55. The first-order valence-electron chi connectivity index (χ1n) is 5.16. The first-order valence-corrected chi connectivity index (χ1v) is 6.36. The monoisotopic (exact) mass is 307 g/mol. The minimum absolute atomic E-state index is 0.386. The van der Waals surface area contributed by atoms with Gasteiger partial charge in [0.15, 0.2) is 5.01 Å². The van der Waals surface area contributed by atoms with Crippen LogP contribution in [0.2, 0.25) is 5.02 Å². The number of benzene rings is 1. The second-order valence-corrected chi connectivity index (χ2v) is 5.22. The van der Waals surface area contributed by atoms with Gasteiger partial charge in [-0.15, -0.1) is 11.3 Å². The lowest BCUT2D eigenvalue weighted by Crippen LogP contribution is -2.28. The highest BCUT2D eigenvalue weighted by Gasteiger charge is 2.35. The van der Waals surface area contributed by atoms with E-state index < -0.39 is 17.2 Å². The summed E-state index contributed by atoms with van der Waals surface area (Å²) in [5.74, 6) is 5.41. The van der Waals surface area contributed by atoms with Crippen molar-refractivity contribution >= 4 is 22.9 Å². The van der Waals surface area contributed by atoms with Gasteiger partial charge in [-0.1, -0.05) is 23.7 Å². The number of nitrogens with two attached hydrogens (primary N) is 1. The lowest BCUT2D eigenvalue weighted by molar-refractivity contribution is -0.137. The molecule has 0 radical (unpaired) electrons. The molecule has 0 saturated heterocycles. The second-order valence-electron chi connectivity index (χ2n) is 3.72. The van der Waals surface area contributed by atoms with Gasteiger partial charge in [-0.05, 0) is 17.7 Å². The van der Waals surface area contributed by atoms with Crippen LogP contribution in [0.3, 0.4) is 0 Å². The third-order valence-electron chi connectivity index (χ3n) is 2.42. The van der Waals surface area contributed by atoms with Crippen LogP contribution in [0.25, 0.3) is 0 Å². The molecule has 0 amide bonds. The summed E-state index contributed by atoms with van der Waals surface area (Å²) in [6, 6.07) is 6.13. The highest BCUT2D eigenvalue weighted by Crippen LogP contribution is 2.35. The Hall–Kier alpha value is -1.15. The quantitative estimate of drug-likeness (QED) is 0.675. The van der Waals surface area contributed by atoms with Crippen molar-refractivity contribution in [2.24, 2.45) is 5.84 Å². The van der Waals surface area contributed by atoms with Crippen LogP contribution >= 0.6 is 22.9 Å². The van der Waals surface area contributed by atoms with Crippen LogP contribution in [0.5, 0.6) is 0 Å². The third-order valence-corrected chi connectivity index (χ3v) is 3.78. The molecule has 1 heterocycles. The Bertz CT molecular complexity index is 553. The van der Waals surface area contributed by atoms with E-state index in [1.54, 1.807) is 24.3 Å². The molecule has 0 aliphatic heterocycles. The number of nitrogens with zero attached hydrogens (tertiary/aromatic N) is 1. The first-order chi connectivity index (χ1) is 8.91. The molecule has 2 rings (SSSR count). The third kappa shape index (κ3) is 3.24. The maximum Gasteiger partial charge on any atom is 0.443 e. The van der Waals surface area contributed by atoms with Gasteiger partial charge < -0.3 is 0 Å². The van der Waals surface area contributed by atoms with E-state index in [1.807, 2.05) is 0 Å². The molecule has 0 saturated carbocycles. The Kier molecular flexibility index (Phi) is 4.10. The molecule has 0 aliphatic carbocycles. The molecule has 3 N–H and O–H groups in total. The van der Waals surface area contributed by atoms with Crippen LogP contribution in [0, 0.1) is 0 Å². The van der Waals surface area contributed by atoms with Gasteiger partial charge in [0, 0.05) is 16.1 Å². The van der Waals surface area contributed by atoms with Crippen molar-refractivity contribution in [3.63, 3.8) is 0 Å². The summed E-state index contributed by atoms with van der Waals surface area (Å²) in [7, 11) is 0. The van der Waals surface area contributed by atoms with Crippen molar-refractivity contribution in [1.82, 2.24) is 10.4 Å². The normalized spacial score (nSPS) is 13.5. The molecule has 19 heavy (non-hydrogen) atoms. The fraction of sp³-hybridized carbons (Fsp3) is 0.182. The molecule has 1 unspecified atom stereocenters. The van der Waals surface area contributed by atoms with Gasteiger partial charge in [0.05, 0.1) is 6.04 Å². The van der Waals surface area contributed by atoms with Crippen molar-refractivity contribution in [3.8, 4) is 0 Å². The standard InChI is InChI=1S/C11H9ClF3N3S/c12-7-3-1-6(2-4-7)9(18-16)8-5-17-10(19-8)11(13,14)15/h1-5,9,18H,16H2. The predicted octanol–water partition coefficient (Wildman–Crippen LogP) is 3.37. The molecule has 0 fully saturated rings. The minimum atomic E-state index is -4.44. The molecule has 0 spiro atoms. The Morgan fingerprint density at radius 1 is 1.26 bits per heavy atom. The van der Waals surface area contributed by atoms with Crippen LogP contribution in [-0.2, 0) is 6.18 Å². The topological polar surface area (TPSA) is 50.9 Å². The largest absolute Gasteiger partial charge is 0.443 e. The lowest BCUT2D eigenvalue weighted by Gasteiger charge is -2.14. The molecule has 1 atom stereocenters. The predicted molar refractivity (Wildman–Crippen MR) is 67.7 cm³/mol. The van der Waals surface area contributed by atoms with Gasteiger partial charge in [0.1, 0.15) is 0 Å². The molecule has 1 aromatic carbocycles. The maximum atomic E-state index is 12.5. The molecule has 1 aromatic heterocycles. The molecular formula is C11H9ClF3N3S. The molecule has 0 aliphatic rings. The van der Waals surface area contributed by atoms with Crippen LogP contribution in [-0.4, -0.2) is 4.98 Å². The summed E-state index contributed by atoms with van der Waals surface area (Å²) < 4.78 is 37.5. The van der Waals surface area contributed by atoms with E-state index in [1.165, 1.54) is 6.20 Å². The summed E-state index contributed by atoms with van der Waals surface area (Å²) >= 11 is 6.32. The number of hydrogen-bond donors (Lipinski definition) is 2. The molecule has 3 nitrogen and oxygen atoms in total. The highest BCUT2D eigenvalue weighted by molar-refractivity contribution is 7.11. The van der Waals surface area contributed by atoms with Crippen molar-refractivity contribution in [3.05, 3.63) is 50.9 Å². The van der Waals surface area contributed by atoms with E-state index in [0.717, 1.165) is 0 Å². The smallest absolute Gasteiger partial charge is 0.271 e. The molecule has 102 valence electrons. The first kappa shape index (κ1) is 14.3. The summed E-state index contributed by atoms with van der Waals surface area (Å²) in [6.45, 7) is 0. The SMILES string of the molecule is NNC(c1ccc(Cl)cc1)c1cnc(C(F)(F)F)s1. The summed E-state index contributed by atoms with van der Waals surface area (Å²) in [4.78, 5) is 3.76. The Labute approximate surface area is 116 Å². The fourth-order valence-corrected chi connectivity index (χ4v) is 2.55. The van der Waals surface area contributed by atoms with E-state index >= 15 is 0 Å². The van der Waals surface area contributed by atoms with Gasteiger partial charge >= 0.3 is 6.18 Å². The van der Waals surface area contributed by atoms with Gasteiger partial charge in [-0.2, -0.15) is 13.2 Å². The summed E-state index contributed by atoms with van der Waals surface area (Å²) in [5, 5.41) is -0.350. The number of aromatic nitrogens is 1. The van der Waals surface area contributed by atoms with Gasteiger partial charge in [-0.25, -0.2) is 10.4 Å². The molecule has 2 aromatic rings. The molecular weight excluding hydrogens is 299 g/mol. The van der Waals surface area contributed by atoms with Crippen molar-refractivity contribution in [1.29, 1.82) is 0 Å². The zero-order chi connectivity index (χ0) is 14.0.